The molecule has 0 fully saturated rings. The van der Waals surface area contributed by atoms with Gasteiger partial charge in [0.2, 0.25) is 6.71 Å². The van der Waals surface area contributed by atoms with Crippen LogP contribution in [0.2, 0.25) is 0 Å². The summed E-state index contributed by atoms with van der Waals surface area (Å²) in [5.74, 6) is 0. The Labute approximate surface area is 291 Å². The van der Waals surface area contributed by atoms with Crippen LogP contribution in [0, 0.1) is 83.1 Å². The third-order valence-corrected chi connectivity index (χ3v) is 12.3. The van der Waals surface area contributed by atoms with E-state index in [1.807, 2.05) is 22.7 Å². The van der Waals surface area contributed by atoms with Crippen molar-refractivity contribution in [3.05, 3.63) is 133 Å². The van der Waals surface area contributed by atoms with Crippen LogP contribution in [0.4, 0.5) is 0 Å². The second-order valence-electron chi connectivity index (χ2n) is 14.2. The average molecular weight is 651 g/mol. The van der Waals surface area contributed by atoms with Crippen molar-refractivity contribution in [1.29, 1.82) is 0 Å². The molecule has 238 valence electrons. The van der Waals surface area contributed by atoms with Crippen LogP contribution in [-0.2, 0) is 0 Å². The first kappa shape index (κ1) is 33.3. The minimum Gasteiger partial charge on any atom is -0.135 e. The molecule has 0 saturated heterocycles. The Kier molecular flexibility index (Phi) is 9.02. The molecule has 2 aromatic heterocycles. The van der Waals surface area contributed by atoms with Gasteiger partial charge in [-0.05, 0) is 140 Å². The second-order valence-corrected chi connectivity index (χ2v) is 16.3. The van der Waals surface area contributed by atoms with Crippen LogP contribution in [0.15, 0.2) is 66.7 Å². The maximum Gasteiger partial charge on any atom is 0.244 e. The minimum atomic E-state index is 0.121. The molecule has 0 aliphatic carbocycles. The van der Waals surface area contributed by atoms with Gasteiger partial charge in [0, 0.05) is 19.5 Å². The van der Waals surface area contributed by atoms with Crippen molar-refractivity contribution in [1.82, 2.24) is 0 Å². The molecule has 0 amide bonds. The SMILES string of the molecule is Cc1cc(C)c(B(c2cc(-c3c(C)cc(C)cc3C)sc2-c2ccc(-c3c(C)cc(C)cc3C)s2)c2c(C)cc(C)cc2C)c(C)c1. The van der Waals surface area contributed by atoms with Crippen LogP contribution < -0.4 is 16.4 Å². The van der Waals surface area contributed by atoms with E-state index in [-0.39, 0.29) is 6.71 Å². The standard InChI is InChI=1S/C44H47BS2/c1-24-15-28(5)40(29(6)16-24)37-13-14-38(46-37)44-36(23-39(47-44)41-30(7)17-25(2)18-31(41)8)45(42-32(9)19-26(3)20-33(42)10)43-34(11)21-27(4)22-35(43)12/h13-23H,1-12H3. The van der Waals surface area contributed by atoms with Crippen molar-refractivity contribution in [2.24, 2.45) is 0 Å². The van der Waals surface area contributed by atoms with Crippen molar-refractivity contribution in [3.63, 3.8) is 0 Å². The van der Waals surface area contributed by atoms with E-state index in [1.54, 1.807) is 0 Å². The maximum atomic E-state index is 2.55. The Hall–Kier alpha value is -3.66. The first-order chi connectivity index (χ1) is 22.2. The molecule has 0 aliphatic rings. The zero-order valence-corrected chi connectivity index (χ0v) is 31.9. The van der Waals surface area contributed by atoms with E-state index in [4.69, 9.17) is 0 Å². The number of aryl methyl sites for hydroxylation is 12. The summed E-state index contributed by atoms with van der Waals surface area (Å²) in [6, 6.07) is 26.1. The highest BCUT2D eigenvalue weighted by Gasteiger charge is 2.33. The summed E-state index contributed by atoms with van der Waals surface area (Å²) >= 11 is 3.92. The number of thiophene rings is 2. The van der Waals surface area contributed by atoms with Gasteiger partial charge in [0.05, 0.1) is 0 Å². The Bertz CT molecular complexity index is 2020. The van der Waals surface area contributed by atoms with Crippen LogP contribution >= 0.6 is 22.7 Å². The van der Waals surface area contributed by atoms with Gasteiger partial charge in [0.1, 0.15) is 0 Å². The molecule has 0 spiro atoms. The third-order valence-electron chi connectivity index (χ3n) is 9.80. The van der Waals surface area contributed by atoms with Gasteiger partial charge in [-0.3, -0.25) is 0 Å². The topological polar surface area (TPSA) is 0 Å². The van der Waals surface area contributed by atoms with E-state index in [1.165, 1.54) is 114 Å². The lowest BCUT2D eigenvalue weighted by atomic mass is 9.34. The van der Waals surface area contributed by atoms with Crippen LogP contribution in [0.3, 0.4) is 0 Å². The van der Waals surface area contributed by atoms with Gasteiger partial charge < -0.3 is 0 Å². The van der Waals surface area contributed by atoms with Gasteiger partial charge in [-0.25, -0.2) is 0 Å². The highest BCUT2D eigenvalue weighted by atomic mass is 32.1. The smallest absolute Gasteiger partial charge is 0.135 e. The van der Waals surface area contributed by atoms with E-state index >= 15 is 0 Å². The highest BCUT2D eigenvalue weighted by molar-refractivity contribution is 7.27. The lowest BCUT2D eigenvalue weighted by Gasteiger charge is -2.24. The van der Waals surface area contributed by atoms with E-state index < -0.39 is 0 Å². The molecule has 4 aromatic carbocycles. The number of rotatable bonds is 6. The molecule has 0 atom stereocenters. The first-order valence-corrected chi connectivity index (χ1v) is 18.4. The Balaban J connectivity index is 1.69. The largest absolute Gasteiger partial charge is 0.244 e. The van der Waals surface area contributed by atoms with E-state index in [0.29, 0.717) is 0 Å². The van der Waals surface area contributed by atoms with Gasteiger partial charge >= 0.3 is 0 Å². The molecule has 6 rings (SSSR count). The van der Waals surface area contributed by atoms with Crippen molar-refractivity contribution < 1.29 is 0 Å². The zero-order chi connectivity index (χ0) is 33.9. The molecular weight excluding hydrogens is 603 g/mol. The van der Waals surface area contributed by atoms with Gasteiger partial charge in [-0.2, -0.15) is 0 Å². The summed E-state index contributed by atoms with van der Waals surface area (Å²) in [5.41, 5.74) is 23.2. The van der Waals surface area contributed by atoms with Gasteiger partial charge in [0.25, 0.3) is 0 Å². The number of hydrogen-bond donors (Lipinski definition) is 0. The molecule has 2 heterocycles. The highest BCUT2D eigenvalue weighted by Crippen LogP contribution is 2.43. The summed E-state index contributed by atoms with van der Waals surface area (Å²) in [6.45, 7) is 27.3. The van der Waals surface area contributed by atoms with Crippen LogP contribution in [0.25, 0.3) is 30.6 Å². The van der Waals surface area contributed by atoms with Crippen LogP contribution in [0.5, 0.6) is 0 Å². The molecule has 0 bridgehead atoms. The summed E-state index contributed by atoms with van der Waals surface area (Å²) in [7, 11) is 0. The summed E-state index contributed by atoms with van der Waals surface area (Å²) in [4.78, 5) is 5.45. The van der Waals surface area contributed by atoms with Crippen LogP contribution in [0.1, 0.15) is 66.8 Å². The Morgan fingerprint density at radius 3 is 1.11 bits per heavy atom. The molecule has 6 aromatic rings. The van der Waals surface area contributed by atoms with Gasteiger partial charge in [0.15, 0.2) is 0 Å². The minimum absolute atomic E-state index is 0.121. The molecule has 0 N–H and O–H groups in total. The van der Waals surface area contributed by atoms with E-state index in [9.17, 15) is 0 Å². The monoisotopic (exact) mass is 650 g/mol. The lowest BCUT2D eigenvalue weighted by molar-refractivity contribution is 1.33. The molecule has 0 unspecified atom stereocenters. The van der Waals surface area contributed by atoms with E-state index in [0.717, 1.165) is 0 Å². The first-order valence-electron chi connectivity index (χ1n) is 16.8. The fourth-order valence-electron chi connectivity index (χ4n) is 8.42. The maximum absolute atomic E-state index is 2.55. The number of hydrogen-bond acceptors (Lipinski definition) is 2. The van der Waals surface area contributed by atoms with Crippen molar-refractivity contribution in [2.45, 2.75) is 83.1 Å². The Morgan fingerprint density at radius 1 is 0.362 bits per heavy atom. The lowest BCUT2D eigenvalue weighted by Crippen LogP contribution is -2.56. The molecule has 0 nitrogen and oxygen atoms in total. The summed E-state index contributed by atoms with van der Waals surface area (Å²) in [5, 5.41) is 0. The van der Waals surface area contributed by atoms with Crippen molar-refractivity contribution in [2.75, 3.05) is 0 Å². The fourth-order valence-corrected chi connectivity index (χ4v) is 11.1. The predicted octanol–water partition coefficient (Wildman–Crippen LogP) is 11.0. The van der Waals surface area contributed by atoms with E-state index in [2.05, 4.69) is 150 Å². The zero-order valence-electron chi connectivity index (χ0n) is 30.2. The molecule has 0 saturated carbocycles. The fraction of sp³-hybridized carbons (Fsp3) is 0.273. The molecule has 47 heavy (non-hydrogen) atoms. The number of benzene rings is 4. The third kappa shape index (κ3) is 6.21. The summed E-state index contributed by atoms with van der Waals surface area (Å²) in [6.07, 6.45) is 0. The molecular formula is C44H47BS2. The molecule has 0 aliphatic heterocycles. The predicted molar refractivity (Wildman–Crippen MR) is 213 cm³/mol. The second kappa shape index (κ2) is 12.8. The molecule has 3 heteroatoms. The quantitative estimate of drug-likeness (QED) is 0.157. The van der Waals surface area contributed by atoms with Crippen LogP contribution in [-0.4, -0.2) is 6.71 Å². The van der Waals surface area contributed by atoms with Gasteiger partial charge in [-0.1, -0.05) is 104 Å². The van der Waals surface area contributed by atoms with Crippen molar-refractivity contribution in [3.8, 4) is 30.6 Å². The van der Waals surface area contributed by atoms with Crippen molar-refractivity contribution >= 4 is 45.8 Å². The molecule has 0 radical (unpaired) electrons. The van der Waals surface area contributed by atoms with Gasteiger partial charge in [-0.15, -0.1) is 22.7 Å². The Morgan fingerprint density at radius 2 is 0.702 bits per heavy atom. The normalized spacial score (nSPS) is 11.4. The summed E-state index contributed by atoms with van der Waals surface area (Å²) < 4.78 is 0. The average Bonchev–Trinajstić information content (AvgIpc) is 3.58.